The van der Waals surface area contributed by atoms with E-state index in [2.05, 4.69) is 5.32 Å². The topological polar surface area (TPSA) is 38.0 Å². The second-order valence-corrected chi connectivity index (χ2v) is 3.75. The Morgan fingerprint density at radius 3 is 2.50 bits per heavy atom. The van der Waals surface area contributed by atoms with Crippen molar-refractivity contribution in [2.24, 2.45) is 0 Å². The van der Waals surface area contributed by atoms with Crippen LogP contribution in [0.1, 0.15) is 0 Å². The molecule has 16 heavy (non-hydrogen) atoms. The van der Waals surface area contributed by atoms with E-state index in [9.17, 15) is 4.39 Å². The van der Waals surface area contributed by atoms with Crippen LogP contribution in [0.2, 0.25) is 5.02 Å². The monoisotopic (exact) mass is 236 g/mol. The number of hydrogen-bond donors (Lipinski definition) is 2. The average molecular weight is 237 g/mol. The Balaban J connectivity index is 2.32. The Morgan fingerprint density at radius 2 is 1.81 bits per heavy atom. The van der Waals surface area contributed by atoms with Crippen molar-refractivity contribution in [1.82, 2.24) is 0 Å². The van der Waals surface area contributed by atoms with Crippen LogP contribution in [0, 0.1) is 5.82 Å². The minimum absolute atomic E-state index is 0.0242. The molecule has 0 aliphatic carbocycles. The molecule has 0 atom stereocenters. The van der Waals surface area contributed by atoms with Crippen LogP contribution in [0.5, 0.6) is 0 Å². The number of para-hydroxylation sites is 1. The van der Waals surface area contributed by atoms with E-state index in [0.29, 0.717) is 11.4 Å². The highest BCUT2D eigenvalue weighted by Gasteiger charge is 2.06. The summed E-state index contributed by atoms with van der Waals surface area (Å²) in [5.74, 6) is -0.491. The fourth-order valence-electron chi connectivity index (χ4n) is 1.35. The zero-order valence-electron chi connectivity index (χ0n) is 8.37. The first-order chi connectivity index (χ1) is 7.66. The number of anilines is 3. The lowest BCUT2D eigenvalue weighted by atomic mass is 10.2. The predicted molar refractivity (Wildman–Crippen MR) is 65.5 cm³/mol. The first-order valence-electron chi connectivity index (χ1n) is 4.73. The van der Waals surface area contributed by atoms with Gasteiger partial charge in [0.25, 0.3) is 0 Å². The van der Waals surface area contributed by atoms with E-state index in [-0.39, 0.29) is 5.02 Å². The Labute approximate surface area is 97.8 Å². The fraction of sp³-hybridized carbons (Fsp3) is 0. The van der Waals surface area contributed by atoms with Gasteiger partial charge in [-0.15, -0.1) is 0 Å². The standard InChI is InChI=1S/C12H10ClFN2/c13-9-6-11(15)12(7-10(9)14)16-8-4-2-1-3-5-8/h1-7,16H,15H2. The van der Waals surface area contributed by atoms with Crippen molar-refractivity contribution in [3.63, 3.8) is 0 Å². The molecule has 0 bridgehead atoms. The quantitative estimate of drug-likeness (QED) is 0.779. The molecule has 0 spiro atoms. The van der Waals surface area contributed by atoms with Crippen molar-refractivity contribution in [1.29, 1.82) is 0 Å². The molecule has 0 radical (unpaired) electrons. The zero-order valence-corrected chi connectivity index (χ0v) is 9.13. The maximum atomic E-state index is 13.2. The first kappa shape index (κ1) is 10.8. The summed E-state index contributed by atoms with van der Waals surface area (Å²) in [6, 6.07) is 12.1. The minimum Gasteiger partial charge on any atom is -0.397 e. The molecule has 0 amide bonds. The highest BCUT2D eigenvalue weighted by molar-refractivity contribution is 6.31. The van der Waals surface area contributed by atoms with Gasteiger partial charge in [-0.25, -0.2) is 4.39 Å². The van der Waals surface area contributed by atoms with Crippen LogP contribution >= 0.6 is 11.6 Å². The highest BCUT2D eigenvalue weighted by atomic mass is 35.5. The van der Waals surface area contributed by atoms with Crippen LogP contribution in [0.3, 0.4) is 0 Å². The molecule has 3 N–H and O–H groups in total. The summed E-state index contributed by atoms with van der Waals surface area (Å²) in [5, 5.41) is 3.04. The molecule has 0 heterocycles. The van der Waals surface area contributed by atoms with Crippen molar-refractivity contribution in [2.45, 2.75) is 0 Å². The summed E-state index contributed by atoms with van der Waals surface area (Å²) in [6.07, 6.45) is 0. The van der Waals surface area contributed by atoms with Crippen LogP contribution in [-0.2, 0) is 0 Å². The third kappa shape index (κ3) is 2.25. The lowest BCUT2D eigenvalue weighted by Crippen LogP contribution is -1.97. The Bertz CT molecular complexity index is 500. The molecule has 2 rings (SSSR count). The highest BCUT2D eigenvalue weighted by Crippen LogP contribution is 2.28. The van der Waals surface area contributed by atoms with Crippen molar-refractivity contribution in [3.05, 3.63) is 53.3 Å². The molecular formula is C12H10ClFN2. The summed E-state index contributed by atoms with van der Waals surface area (Å²) in [7, 11) is 0. The smallest absolute Gasteiger partial charge is 0.144 e. The Morgan fingerprint density at radius 1 is 1.12 bits per heavy atom. The zero-order chi connectivity index (χ0) is 11.5. The van der Waals surface area contributed by atoms with Crippen LogP contribution in [0.25, 0.3) is 0 Å². The van der Waals surface area contributed by atoms with Gasteiger partial charge in [-0.1, -0.05) is 29.8 Å². The number of nitrogens with two attached hydrogens (primary N) is 1. The summed E-state index contributed by atoms with van der Waals surface area (Å²) in [5.41, 5.74) is 7.49. The minimum atomic E-state index is -0.491. The molecule has 2 aromatic rings. The van der Waals surface area contributed by atoms with Crippen LogP contribution < -0.4 is 11.1 Å². The molecule has 0 saturated carbocycles. The van der Waals surface area contributed by atoms with Gasteiger partial charge in [0, 0.05) is 11.8 Å². The number of hydrogen-bond acceptors (Lipinski definition) is 2. The molecule has 0 aliphatic rings. The summed E-state index contributed by atoms with van der Waals surface area (Å²) >= 11 is 5.61. The summed E-state index contributed by atoms with van der Waals surface area (Å²) < 4.78 is 13.2. The number of nitrogen functional groups attached to an aromatic ring is 1. The molecule has 0 unspecified atom stereocenters. The molecule has 0 aromatic heterocycles. The van der Waals surface area contributed by atoms with E-state index < -0.39 is 5.82 Å². The molecular weight excluding hydrogens is 227 g/mol. The SMILES string of the molecule is Nc1cc(Cl)c(F)cc1Nc1ccccc1. The van der Waals surface area contributed by atoms with E-state index >= 15 is 0 Å². The van der Waals surface area contributed by atoms with Gasteiger partial charge in [0.1, 0.15) is 5.82 Å². The van der Waals surface area contributed by atoms with Gasteiger partial charge in [0.2, 0.25) is 0 Å². The van der Waals surface area contributed by atoms with E-state index in [1.54, 1.807) is 0 Å². The number of halogens is 2. The lowest BCUT2D eigenvalue weighted by molar-refractivity contribution is 0.629. The van der Waals surface area contributed by atoms with Gasteiger partial charge in [-0.3, -0.25) is 0 Å². The normalized spacial score (nSPS) is 10.1. The van der Waals surface area contributed by atoms with E-state index in [4.69, 9.17) is 17.3 Å². The fourth-order valence-corrected chi connectivity index (χ4v) is 1.52. The third-order valence-electron chi connectivity index (χ3n) is 2.15. The van der Waals surface area contributed by atoms with Gasteiger partial charge in [0.05, 0.1) is 16.4 Å². The molecule has 2 aromatic carbocycles. The second-order valence-electron chi connectivity index (χ2n) is 3.34. The predicted octanol–water partition coefficient (Wildman–Crippen LogP) is 3.80. The molecule has 0 aliphatic heterocycles. The van der Waals surface area contributed by atoms with Crippen molar-refractivity contribution in [2.75, 3.05) is 11.1 Å². The van der Waals surface area contributed by atoms with Crippen molar-refractivity contribution < 1.29 is 4.39 Å². The second kappa shape index (κ2) is 4.41. The van der Waals surface area contributed by atoms with E-state index in [0.717, 1.165) is 5.69 Å². The van der Waals surface area contributed by atoms with Gasteiger partial charge in [0.15, 0.2) is 0 Å². The molecule has 4 heteroatoms. The average Bonchev–Trinajstić information content (AvgIpc) is 2.27. The van der Waals surface area contributed by atoms with Gasteiger partial charge >= 0.3 is 0 Å². The summed E-state index contributed by atoms with van der Waals surface area (Å²) in [4.78, 5) is 0. The summed E-state index contributed by atoms with van der Waals surface area (Å²) in [6.45, 7) is 0. The Kier molecular flexibility index (Phi) is 2.97. The maximum absolute atomic E-state index is 13.2. The van der Waals surface area contributed by atoms with Crippen LogP contribution in [0.15, 0.2) is 42.5 Å². The van der Waals surface area contributed by atoms with Crippen LogP contribution in [0.4, 0.5) is 21.5 Å². The third-order valence-corrected chi connectivity index (χ3v) is 2.43. The maximum Gasteiger partial charge on any atom is 0.144 e. The van der Waals surface area contributed by atoms with Crippen molar-refractivity contribution in [3.8, 4) is 0 Å². The molecule has 0 fully saturated rings. The number of benzene rings is 2. The first-order valence-corrected chi connectivity index (χ1v) is 5.11. The van der Waals surface area contributed by atoms with Crippen LogP contribution in [-0.4, -0.2) is 0 Å². The van der Waals surface area contributed by atoms with Gasteiger partial charge in [-0.2, -0.15) is 0 Å². The molecule has 82 valence electrons. The molecule has 2 nitrogen and oxygen atoms in total. The number of rotatable bonds is 2. The van der Waals surface area contributed by atoms with E-state index in [1.165, 1.54) is 12.1 Å². The van der Waals surface area contributed by atoms with Crippen molar-refractivity contribution >= 4 is 28.7 Å². The Hall–Kier alpha value is -1.74. The molecule has 0 saturated heterocycles. The van der Waals surface area contributed by atoms with Gasteiger partial charge < -0.3 is 11.1 Å². The van der Waals surface area contributed by atoms with Gasteiger partial charge in [-0.05, 0) is 18.2 Å². The number of nitrogens with one attached hydrogen (secondary N) is 1. The van der Waals surface area contributed by atoms with E-state index in [1.807, 2.05) is 30.3 Å². The largest absolute Gasteiger partial charge is 0.397 e. The lowest BCUT2D eigenvalue weighted by Gasteiger charge is -2.09.